The van der Waals surface area contributed by atoms with Gasteiger partial charge in [-0.25, -0.2) is 0 Å². The van der Waals surface area contributed by atoms with E-state index in [1.54, 1.807) is 0 Å². The Morgan fingerprint density at radius 2 is 0.941 bits per heavy atom. The molecular weight excluding hydrogens is 555 g/mol. The molecule has 3 atom stereocenters. The molecule has 1 aliphatic heterocycles. The minimum atomic E-state index is 0. The van der Waals surface area contributed by atoms with Gasteiger partial charge < -0.3 is 0 Å². The van der Waals surface area contributed by atoms with Crippen LogP contribution >= 0.6 is 25.7 Å². The quantitative estimate of drug-likeness (QED) is 0.188. The van der Waals surface area contributed by atoms with Gasteiger partial charge in [0.05, 0.1) is 0 Å². The second kappa shape index (κ2) is 15.5. The molecule has 3 aromatic rings. The number of nitrogens with zero attached hydrogens (tertiary/aromatic N) is 3. The number of rotatable bonds is 7. The Morgan fingerprint density at radius 1 is 0.618 bits per heavy atom. The third-order valence-electron chi connectivity index (χ3n) is 5.87. The number of fused-ring (bicyclic) bond motifs is 6. The first-order valence-electron chi connectivity index (χ1n) is 11.8. The van der Waals surface area contributed by atoms with Crippen LogP contribution < -0.4 is 0 Å². The predicted octanol–water partition coefficient (Wildman–Crippen LogP) is 6.26. The minimum absolute atomic E-state index is 0. The summed E-state index contributed by atoms with van der Waals surface area (Å²) in [5, 5.41) is 0. The van der Waals surface area contributed by atoms with Crippen LogP contribution in [0.25, 0.3) is 0 Å². The Morgan fingerprint density at radius 3 is 1.21 bits per heavy atom. The molecule has 3 aromatic heterocycles. The first-order valence-corrected chi connectivity index (χ1v) is 16.9. The van der Waals surface area contributed by atoms with E-state index in [1.807, 2.05) is 0 Å². The van der Waals surface area contributed by atoms with E-state index in [2.05, 4.69) is 81.5 Å². The molecule has 0 aliphatic carbocycles. The second-order valence-electron chi connectivity index (χ2n) is 9.12. The van der Waals surface area contributed by atoms with E-state index < -0.39 is 0 Å². The Labute approximate surface area is 226 Å². The van der Waals surface area contributed by atoms with Crippen molar-refractivity contribution in [1.29, 1.82) is 0 Å². The van der Waals surface area contributed by atoms with Crippen molar-refractivity contribution in [2.45, 2.75) is 32.6 Å². The average Bonchev–Trinajstić information content (AvgIpc) is 2.79. The van der Waals surface area contributed by atoms with E-state index in [9.17, 15) is 0 Å². The Hall–Kier alpha value is -0.572. The maximum absolute atomic E-state index is 4.73. The molecule has 3 unspecified atom stereocenters. The Kier molecular flexibility index (Phi) is 13.5. The maximum Gasteiger partial charge on any atom is 0.0466 e. The van der Waals surface area contributed by atoms with Gasteiger partial charge in [0.25, 0.3) is 0 Å². The zero-order valence-corrected chi connectivity index (χ0v) is 25.9. The summed E-state index contributed by atoms with van der Waals surface area (Å²) in [5.74, 6) is 0. The molecule has 4 rings (SSSR count). The van der Waals surface area contributed by atoms with Crippen molar-refractivity contribution in [3.63, 3.8) is 0 Å². The van der Waals surface area contributed by atoms with Gasteiger partial charge >= 0.3 is 0 Å². The zero-order chi connectivity index (χ0) is 23.5. The van der Waals surface area contributed by atoms with E-state index in [4.69, 9.17) is 15.0 Å². The van der Waals surface area contributed by atoms with Crippen LogP contribution in [0.1, 0.15) is 47.5 Å². The van der Waals surface area contributed by atoms with Crippen LogP contribution in [0.5, 0.6) is 0 Å². The van der Waals surface area contributed by atoms with Crippen molar-refractivity contribution in [1.82, 2.24) is 15.0 Å². The van der Waals surface area contributed by atoms with Gasteiger partial charge in [-0.1, -0.05) is 25.1 Å². The molecule has 0 amide bonds. The minimum Gasteiger partial charge on any atom is -0.257 e. The standard InChI is InChI=1S/C18H15N3.C9H23P3.Mo/c1-4-13-10-15-6-2-8-17(20-15)12-18-9-3-7-16(21-18)11-14(5-1)19-13;1-9(7-11-3,8-12-4)5-6-10-2;/h1-9H,10-12H2;10-12H,5-8H2,1-4H3;. The van der Waals surface area contributed by atoms with E-state index in [0.717, 1.165) is 79.2 Å². The van der Waals surface area contributed by atoms with E-state index in [1.165, 1.54) is 24.9 Å². The van der Waals surface area contributed by atoms with E-state index in [-0.39, 0.29) is 21.1 Å². The van der Waals surface area contributed by atoms with Gasteiger partial charge in [0.2, 0.25) is 0 Å². The third-order valence-corrected chi connectivity index (χ3v) is 9.03. The van der Waals surface area contributed by atoms with Crippen LogP contribution in [0.3, 0.4) is 0 Å². The zero-order valence-electron chi connectivity index (χ0n) is 20.9. The molecule has 0 N–H and O–H groups in total. The van der Waals surface area contributed by atoms with Crippen molar-refractivity contribution in [2.75, 3.05) is 38.5 Å². The van der Waals surface area contributed by atoms with Gasteiger partial charge in [-0.3, -0.25) is 15.0 Å². The molecule has 0 saturated heterocycles. The van der Waals surface area contributed by atoms with Crippen LogP contribution in [0.4, 0.5) is 0 Å². The van der Waals surface area contributed by atoms with Gasteiger partial charge in [0.15, 0.2) is 0 Å². The van der Waals surface area contributed by atoms with Crippen LogP contribution in [0, 0.1) is 5.41 Å². The monoisotopic (exact) mass is 595 g/mol. The Balaban J connectivity index is 0.000000274. The van der Waals surface area contributed by atoms with Crippen molar-refractivity contribution in [2.24, 2.45) is 5.41 Å². The largest absolute Gasteiger partial charge is 0.257 e. The first-order chi connectivity index (χ1) is 16.0. The van der Waals surface area contributed by atoms with Gasteiger partial charge in [0, 0.05) is 74.5 Å². The van der Waals surface area contributed by atoms with Gasteiger partial charge in [-0.2, -0.15) is 0 Å². The number of pyridine rings is 3. The van der Waals surface area contributed by atoms with Crippen molar-refractivity contribution in [3.8, 4) is 0 Å². The molecule has 4 heterocycles. The Bertz CT molecular complexity index is 850. The topological polar surface area (TPSA) is 38.7 Å². The summed E-state index contributed by atoms with van der Waals surface area (Å²) >= 11 is 0. The summed E-state index contributed by atoms with van der Waals surface area (Å²) in [6.07, 6.45) is 8.17. The normalized spacial score (nSPS) is 14.8. The third kappa shape index (κ3) is 9.82. The number of hydrogen-bond donors (Lipinski definition) is 0. The number of aromatic nitrogens is 3. The average molecular weight is 593 g/mol. The first kappa shape index (κ1) is 29.7. The summed E-state index contributed by atoms with van der Waals surface area (Å²) < 4.78 is 0. The van der Waals surface area contributed by atoms with Crippen molar-refractivity contribution < 1.29 is 21.1 Å². The fourth-order valence-corrected chi connectivity index (χ4v) is 7.67. The predicted molar refractivity (Wildman–Crippen MR) is 151 cm³/mol. The molecule has 0 spiro atoms. The van der Waals surface area contributed by atoms with Gasteiger partial charge in [0.1, 0.15) is 0 Å². The fourth-order valence-electron chi connectivity index (χ4n) is 4.25. The second-order valence-corrected chi connectivity index (χ2v) is 12.4. The van der Waals surface area contributed by atoms with Crippen LogP contribution in [-0.4, -0.2) is 53.4 Å². The molecular formula is C27H38MoN3P3. The summed E-state index contributed by atoms with van der Waals surface area (Å²) in [7, 11) is 3.42. The van der Waals surface area contributed by atoms with Crippen LogP contribution in [-0.2, 0) is 40.3 Å². The summed E-state index contributed by atoms with van der Waals surface area (Å²) in [5.41, 5.74) is 7.07. The molecule has 0 fully saturated rings. The van der Waals surface area contributed by atoms with Gasteiger partial charge in [-0.05, 0) is 86.7 Å². The molecule has 182 valence electrons. The van der Waals surface area contributed by atoms with Crippen LogP contribution in [0.2, 0.25) is 0 Å². The van der Waals surface area contributed by atoms with E-state index >= 15 is 0 Å². The maximum atomic E-state index is 4.73. The molecule has 3 nitrogen and oxygen atoms in total. The molecule has 0 aromatic carbocycles. The number of hydrogen-bond acceptors (Lipinski definition) is 3. The summed E-state index contributed by atoms with van der Waals surface area (Å²) in [6, 6.07) is 18.6. The molecule has 0 saturated carbocycles. The smallest absolute Gasteiger partial charge is 0.0466 e. The SMILES string of the molecule is CPCCC(C)(CPC)CPC.[Mo].c1cc2nc(c1)Cc1cccc(n1)Cc1cccc(n1)C2. The molecule has 7 heteroatoms. The fraction of sp³-hybridized carbons (Fsp3) is 0.444. The molecule has 34 heavy (non-hydrogen) atoms. The molecule has 0 radical (unpaired) electrons. The van der Waals surface area contributed by atoms with Crippen LogP contribution in [0.15, 0.2) is 54.6 Å². The molecule has 1 aliphatic rings. The van der Waals surface area contributed by atoms with Crippen molar-refractivity contribution >= 4 is 25.7 Å². The van der Waals surface area contributed by atoms with Crippen molar-refractivity contribution in [3.05, 3.63) is 88.8 Å². The summed E-state index contributed by atoms with van der Waals surface area (Å²) in [6.45, 7) is 9.49. The summed E-state index contributed by atoms with van der Waals surface area (Å²) in [4.78, 5) is 14.2. The van der Waals surface area contributed by atoms with Gasteiger partial charge in [-0.15, -0.1) is 25.7 Å². The molecule has 6 bridgehead atoms. The van der Waals surface area contributed by atoms with E-state index in [0.29, 0.717) is 5.41 Å².